The molecule has 0 aromatic carbocycles. The zero-order valence-electron chi connectivity index (χ0n) is 11.2. The van der Waals surface area contributed by atoms with E-state index in [1.165, 1.54) is 24.6 Å². The number of rotatable bonds is 9. The van der Waals surface area contributed by atoms with Crippen LogP contribution in [0.25, 0.3) is 0 Å². The minimum absolute atomic E-state index is 0.0544. The van der Waals surface area contributed by atoms with E-state index in [0.717, 1.165) is 19.6 Å². The Kier molecular flexibility index (Phi) is 9.28. The highest BCUT2D eigenvalue weighted by atomic mass is 32.2. The summed E-state index contributed by atoms with van der Waals surface area (Å²) in [6.07, 6.45) is 0. The number of nitrogens with zero attached hydrogens (tertiary/aromatic N) is 1. The van der Waals surface area contributed by atoms with E-state index in [-0.39, 0.29) is 12.6 Å². The lowest BCUT2D eigenvalue weighted by molar-refractivity contribution is -0.148. The van der Waals surface area contributed by atoms with E-state index >= 15 is 0 Å². The fourth-order valence-electron chi connectivity index (χ4n) is 1.69. The molecular formula is C12H24N2O3S. The lowest BCUT2D eigenvalue weighted by Crippen LogP contribution is -2.38. The van der Waals surface area contributed by atoms with Crippen LogP contribution in [0.1, 0.15) is 6.92 Å². The summed E-state index contributed by atoms with van der Waals surface area (Å²) in [5.41, 5.74) is 0. The van der Waals surface area contributed by atoms with E-state index in [1.807, 2.05) is 11.8 Å². The molecule has 1 heterocycles. The molecule has 1 N–H and O–H groups in total. The largest absolute Gasteiger partial charge is 0.464 e. The first kappa shape index (κ1) is 15.8. The zero-order valence-corrected chi connectivity index (χ0v) is 12.0. The standard InChI is InChI=1S/C12H24N2O3S/c1-2-17-12(15)11-16-8-4-13-3-5-14-6-9-18-10-7-14/h13H,2-11H2,1H3. The van der Waals surface area contributed by atoms with Crippen LogP contribution in [0, 0.1) is 0 Å². The summed E-state index contributed by atoms with van der Waals surface area (Å²) >= 11 is 2.03. The molecule has 0 unspecified atom stereocenters. The molecule has 0 atom stereocenters. The van der Waals surface area contributed by atoms with Gasteiger partial charge in [-0.3, -0.25) is 0 Å². The SMILES string of the molecule is CCOC(=O)COCCNCCN1CCSCC1. The third-order valence-electron chi connectivity index (χ3n) is 2.66. The summed E-state index contributed by atoms with van der Waals surface area (Å²) in [5, 5.41) is 3.31. The number of carbonyl (C=O) groups is 1. The molecule has 1 fully saturated rings. The van der Waals surface area contributed by atoms with Gasteiger partial charge in [-0.2, -0.15) is 11.8 Å². The number of esters is 1. The monoisotopic (exact) mass is 276 g/mol. The minimum atomic E-state index is -0.289. The fraction of sp³-hybridized carbons (Fsp3) is 0.917. The van der Waals surface area contributed by atoms with Crippen LogP contribution in [0.3, 0.4) is 0 Å². The third kappa shape index (κ3) is 7.92. The number of hydrogen-bond acceptors (Lipinski definition) is 6. The number of hydrogen-bond donors (Lipinski definition) is 1. The van der Waals surface area contributed by atoms with Crippen molar-refractivity contribution in [3.63, 3.8) is 0 Å². The third-order valence-corrected chi connectivity index (χ3v) is 3.60. The molecule has 6 heteroatoms. The molecule has 5 nitrogen and oxygen atoms in total. The summed E-state index contributed by atoms with van der Waals surface area (Å²) in [4.78, 5) is 13.4. The second-order valence-corrected chi connectivity index (χ2v) is 5.29. The van der Waals surface area contributed by atoms with Gasteiger partial charge in [-0.1, -0.05) is 0 Å². The Labute approximate surface area is 114 Å². The second kappa shape index (κ2) is 10.6. The van der Waals surface area contributed by atoms with Gasteiger partial charge < -0.3 is 19.7 Å². The van der Waals surface area contributed by atoms with Crippen LogP contribution in [-0.4, -0.2) is 74.9 Å². The molecule has 106 valence electrons. The Balaban J connectivity index is 1.82. The Hall–Kier alpha value is -0.300. The van der Waals surface area contributed by atoms with Gasteiger partial charge in [-0.15, -0.1) is 0 Å². The van der Waals surface area contributed by atoms with Crippen LogP contribution >= 0.6 is 11.8 Å². The summed E-state index contributed by atoms with van der Waals surface area (Å²) in [6.45, 7) is 8.06. The van der Waals surface area contributed by atoms with Crippen molar-refractivity contribution in [1.82, 2.24) is 10.2 Å². The van der Waals surface area contributed by atoms with E-state index < -0.39 is 0 Å². The van der Waals surface area contributed by atoms with Crippen molar-refractivity contribution in [2.24, 2.45) is 0 Å². The molecule has 1 saturated heterocycles. The van der Waals surface area contributed by atoms with Gasteiger partial charge in [-0.05, 0) is 6.92 Å². The smallest absolute Gasteiger partial charge is 0.332 e. The molecular weight excluding hydrogens is 252 g/mol. The second-order valence-electron chi connectivity index (χ2n) is 4.06. The minimum Gasteiger partial charge on any atom is -0.464 e. The van der Waals surface area contributed by atoms with Crippen molar-refractivity contribution in [1.29, 1.82) is 0 Å². The van der Waals surface area contributed by atoms with E-state index in [4.69, 9.17) is 9.47 Å². The van der Waals surface area contributed by atoms with Gasteiger partial charge in [0.25, 0.3) is 0 Å². The van der Waals surface area contributed by atoms with Crippen LogP contribution in [0.4, 0.5) is 0 Å². The molecule has 0 amide bonds. The van der Waals surface area contributed by atoms with Crippen molar-refractivity contribution in [2.75, 3.05) is 64.1 Å². The van der Waals surface area contributed by atoms with Crippen LogP contribution in [0.2, 0.25) is 0 Å². The van der Waals surface area contributed by atoms with E-state index in [9.17, 15) is 4.79 Å². The normalized spacial score (nSPS) is 16.7. The Morgan fingerprint density at radius 1 is 1.33 bits per heavy atom. The van der Waals surface area contributed by atoms with Gasteiger partial charge >= 0.3 is 5.97 Å². The Morgan fingerprint density at radius 3 is 2.83 bits per heavy atom. The van der Waals surface area contributed by atoms with Gasteiger partial charge in [-0.25, -0.2) is 4.79 Å². The first-order valence-electron chi connectivity index (χ1n) is 6.57. The molecule has 0 spiro atoms. The highest BCUT2D eigenvalue weighted by molar-refractivity contribution is 7.99. The summed E-state index contributed by atoms with van der Waals surface area (Å²) < 4.78 is 9.94. The summed E-state index contributed by atoms with van der Waals surface area (Å²) in [5.74, 6) is 2.22. The van der Waals surface area contributed by atoms with Crippen LogP contribution in [-0.2, 0) is 14.3 Å². The predicted octanol–water partition coefficient (Wildman–Crippen LogP) is 0.205. The lowest BCUT2D eigenvalue weighted by atomic mass is 10.4. The van der Waals surface area contributed by atoms with Crippen molar-refractivity contribution in [3.05, 3.63) is 0 Å². The highest BCUT2D eigenvalue weighted by Crippen LogP contribution is 2.07. The summed E-state index contributed by atoms with van der Waals surface area (Å²) in [6, 6.07) is 0. The van der Waals surface area contributed by atoms with E-state index in [2.05, 4.69) is 10.2 Å². The van der Waals surface area contributed by atoms with Crippen molar-refractivity contribution in [3.8, 4) is 0 Å². The maximum atomic E-state index is 11.0. The number of ether oxygens (including phenoxy) is 2. The highest BCUT2D eigenvalue weighted by Gasteiger charge is 2.08. The lowest BCUT2D eigenvalue weighted by Gasteiger charge is -2.26. The Bertz CT molecular complexity index is 223. The van der Waals surface area contributed by atoms with Crippen molar-refractivity contribution in [2.45, 2.75) is 6.92 Å². The number of thioether (sulfide) groups is 1. The maximum Gasteiger partial charge on any atom is 0.332 e. The molecule has 0 radical (unpaired) electrons. The van der Waals surface area contributed by atoms with E-state index in [0.29, 0.717) is 13.2 Å². The van der Waals surface area contributed by atoms with Crippen LogP contribution in [0.5, 0.6) is 0 Å². The molecule has 1 aliphatic heterocycles. The molecule has 0 aromatic rings. The summed E-state index contributed by atoms with van der Waals surface area (Å²) in [7, 11) is 0. The molecule has 18 heavy (non-hydrogen) atoms. The van der Waals surface area contributed by atoms with Gasteiger partial charge in [0.15, 0.2) is 0 Å². The van der Waals surface area contributed by atoms with Gasteiger partial charge in [0, 0.05) is 44.2 Å². The first-order valence-corrected chi connectivity index (χ1v) is 7.72. The van der Waals surface area contributed by atoms with Crippen LogP contribution in [0.15, 0.2) is 0 Å². The number of carbonyl (C=O) groups excluding carboxylic acids is 1. The molecule has 1 rings (SSSR count). The molecule has 0 aliphatic carbocycles. The molecule has 0 bridgehead atoms. The van der Waals surface area contributed by atoms with Crippen LogP contribution < -0.4 is 5.32 Å². The van der Waals surface area contributed by atoms with Gasteiger partial charge in [0.2, 0.25) is 0 Å². The van der Waals surface area contributed by atoms with Crippen molar-refractivity contribution >= 4 is 17.7 Å². The Morgan fingerprint density at radius 2 is 2.11 bits per heavy atom. The van der Waals surface area contributed by atoms with Gasteiger partial charge in [0.1, 0.15) is 6.61 Å². The molecule has 0 saturated carbocycles. The quantitative estimate of drug-likeness (QED) is 0.480. The average molecular weight is 276 g/mol. The van der Waals surface area contributed by atoms with Crippen molar-refractivity contribution < 1.29 is 14.3 Å². The van der Waals surface area contributed by atoms with E-state index in [1.54, 1.807) is 6.92 Å². The fourth-order valence-corrected chi connectivity index (χ4v) is 2.67. The number of nitrogens with one attached hydrogen (secondary N) is 1. The average Bonchev–Trinajstić information content (AvgIpc) is 2.39. The topological polar surface area (TPSA) is 50.8 Å². The molecule has 1 aliphatic rings. The zero-order chi connectivity index (χ0) is 13.1. The predicted molar refractivity (Wildman–Crippen MR) is 74.1 cm³/mol. The molecule has 0 aromatic heterocycles. The first-order chi connectivity index (χ1) is 8.83. The maximum absolute atomic E-state index is 11.0. The van der Waals surface area contributed by atoms with Gasteiger partial charge in [0.05, 0.1) is 13.2 Å².